The van der Waals surface area contributed by atoms with Gasteiger partial charge < -0.3 is 15.4 Å². The fraction of sp³-hybridized carbons (Fsp3) is 0.286. The Balaban J connectivity index is 2.33. The molecule has 0 saturated carbocycles. The highest BCUT2D eigenvalue weighted by Gasteiger charge is 2.28. The van der Waals surface area contributed by atoms with E-state index in [9.17, 15) is 25.0 Å². The highest BCUT2D eigenvalue weighted by molar-refractivity contribution is 6.31. The van der Waals surface area contributed by atoms with Gasteiger partial charge in [-0.3, -0.25) is 14.9 Å². The molecular weight excluding hydrogens is 354 g/mol. The second-order valence-electron chi connectivity index (χ2n) is 5.18. The summed E-state index contributed by atoms with van der Waals surface area (Å²) < 4.78 is 1.23. The van der Waals surface area contributed by atoms with Gasteiger partial charge in [-0.05, 0) is 30.4 Å². The van der Waals surface area contributed by atoms with E-state index < -0.39 is 21.8 Å². The SMILES string of the molecule is CCC(C(=O)Nc1ccc(Cl)cc1[N+](=O)[O-])n1nc([N+](=O)[O-])cc1C. The zero-order valence-corrected chi connectivity index (χ0v) is 14.1. The third kappa shape index (κ3) is 3.91. The summed E-state index contributed by atoms with van der Waals surface area (Å²) in [5, 5.41) is 28.4. The molecule has 1 aromatic carbocycles. The summed E-state index contributed by atoms with van der Waals surface area (Å²) in [7, 11) is 0. The molecule has 1 unspecified atom stereocenters. The lowest BCUT2D eigenvalue weighted by molar-refractivity contribution is -0.389. The molecule has 0 spiro atoms. The Morgan fingerprint density at radius 3 is 2.52 bits per heavy atom. The number of benzene rings is 1. The van der Waals surface area contributed by atoms with Crippen LogP contribution in [0.15, 0.2) is 24.3 Å². The second kappa shape index (κ2) is 7.26. The van der Waals surface area contributed by atoms with Crippen LogP contribution < -0.4 is 5.32 Å². The second-order valence-corrected chi connectivity index (χ2v) is 5.61. The molecule has 0 aliphatic carbocycles. The van der Waals surface area contributed by atoms with Crippen molar-refractivity contribution in [3.05, 3.63) is 55.2 Å². The van der Waals surface area contributed by atoms with Gasteiger partial charge in [-0.2, -0.15) is 4.68 Å². The van der Waals surface area contributed by atoms with Gasteiger partial charge in [0.15, 0.2) is 6.04 Å². The van der Waals surface area contributed by atoms with E-state index in [1.165, 1.54) is 22.9 Å². The van der Waals surface area contributed by atoms with E-state index in [4.69, 9.17) is 11.6 Å². The first-order chi connectivity index (χ1) is 11.7. The molecule has 1 heterocycles. The van der Waals surface area contributed by atoms with Gasteiger partial charge in [-0.1, -0.05) is 18.5 Å². The number of anilines is 1. The maximum atomic E-state index is 12.5. The van der Waals surface area contributed by atoms with Crippen molar-refractivity contribution in [3.8, 4) is 0 Å². The lowest BCUT2D eigenvalue weighted by Gasteiger charge is -2.14. The Morgan fingerprint density at radius 1 is 1.32 bits per heavy atom. The Kier molecular flexibility index (Phi) is 5.32. The lowest BCUT2D eigenvalue weighted by atomic mass is 10.2. The molecule has 11 heteroatoms. The summed E-state index contributed by atoms with van der Waals surface area (Å²) >= 11 is 5.74. The van der Waals surface area contributed by atoms with Crippen molar-refractivity contribution in [2.24, 2.45) is 0 Å². The number of nitrogens with one attached hydrogen (secondary N) is 1. The largest absolute Gasteiger partial charge is 0.390 e. The van der Waals surface area contributed by atoms with E-state index >= 15 is 0 Å². The van der Waals surface area contributed by atoms with Crippen LogP contribution in [-0.2, 0) is 4.79 Å². The third-order valence-corrected chi connectivity index (χ3v) is 3.73. The fourth-order valence-electron chi connectivity index (χ4n) is 2.32. The lowest BCUT2D eigenvalue weighted by Crippen LogP contribution is -2.27. The Bertz CT molecular complexity index is 850. The van der Waals surface area contributed by atoms with E-state index in [2.05, 4.69) is 10.4 Å². The summed E-state index contributed by atoms with van der Waals surface area (Å²) in [6.45, 7) is 3.29. The maximum absolute atomic E-state index is 12.5. The first-order valence-corrected chi connectivity index (χ1v) is 7.57. The van der Waals surface area contributed by atoms with Crippen molar-refractivity contribution in [2.45, 2.75) is 26.3 Å². The highest BCUT2D eigenvalue weighted by Crippen LogP contribution is 2.29. The quantitative estimate of drug-likeness (QED) is 0.615. The van der Waals surface area contributed by atoms with Crippen LogP contribution in [0.5, 0.6) is 0 Å². The predicted octanol–water partition coefficient (Wildman–Crippen LogP) is 3.25. The molecule has 2 rings (SSSR count). The molecule has 1 aromatic heterocycles. The standard InChI is InChI=1S/C14H14ClN5O5/c1-3-11(18-8(2)6-13(17-18)20(24)25)14(21)16-10-5-4-9(15)7-12(10)19(22)23/h4-7,11H,3H2,1-2H3,(H,16,21). The molecule has 1 N–H and O–H groups in total. The number of hydrogen-bond acceptors (Lipinski definition) is 6. The fourth-order valence-corrected chi connectivity index (χ4v) is 2.49. The van der Waals surface area contributed by atoms with Crippen molar-refractivity contribution in [2.75, 3.05) is 5.32 Å². The van der Waals surface area contributed by atoms with Gasteiger partial charge in [0.1, 0.15) is 5.69 Å². The molecule has 1 atom stereocenters. The van der Waals surface area contributed by atoms with Crippen molar-refractivity contribution in [1.29, 1.82) is 0 Å². The van der Waals surface area contributed by atoms with Gasteiger partial charge in [0.2, 0.25) is 0 Å². The Hall–Kier alpha value is -3.01. The van der Waals surface area contributed by atoms with Crippen LogP contribution in [0, 0.1) is 27.2 Å². The molecule has 1 amide bonds. The molecular formula is C14H14ClN5O5. The number of carbonyl (C=O) groups is 1. The first-order valence-electron chi connectivity index (χ1n) is 7.20. The smallest absolute Gasteiger partial charge is 0.358 e. The summed E-state index contributed by atoms with van der Waals surface area (Å²) in [4.78, 5) is 33.2. The van der Waals surface area contributed by atoms with Gasteiger partial charge in [0, 0.05) is 11.1 Å². The number of rotatable bonds is 6. The molecule has 0 aliphatic rings. The predicted molar refractivity (Wildman–Crippen MR) is 89.7 cm³/mol. The Labute approximate surface area is 146 Å². The van der Waals surface area contributed by atoms with Gasteiger partial charge in [0.25, 0.3) is 11.6 Å². The zero-order valence-electron chi connectivity index (χ0n) is 13.3. The number of nitro benzene ring substituents is 1. The number of aromatic nitrogens is 2. The third-order valence-electron chi connectivity index (χ3n) is 3.50. The van der Waals surface area contributed by atoms with Crippen LogP contribution in [0.4, 0.5) is 17.2 Å². The average Bonchev–Trinajstić information content (AvgIpc) is 2.92. The highest BCUT2D eigenvalue weighted by atomic mass is 35.5. The minimum atomic E-state index is -0.857. The van der Waals surface area contributed by atoms with Crippen molar-refractivity contribution < 1.29 is 14.6 Å². The summed E-state index contributed by atoms with van der Waals surface area (Å²) in [6, 6.07) is 4.26. The molecule has 2 aromatic rings. The molecule has 0 fully saturated rings. The van der Waals surface area contributed by atoms with Crippen LogP contribution >= 0.6 is 11.6 Å². The molecule has 0 saturated heterocycles. The van der Waals surface area contributed by atoms with Crippen LogP contribution in [-0.4, -0.2) is 25.5 Å². The van der Waals surface area contributed by atoms with Crippen LogP contribution in [0.3, 0.4) is 0 Å². The number of carbonyl (C=O) groups excluding carboxylic acids is 1. The normalized spacial score (nSPS) is 11.8. The van der Waals surface area contributed by atoms with Gasteiger partial charge in [-0.15, -0.1) is 0 Å². The van der Waals surface area contributed by atoms with Gasteiger partial charge >= 0.3 is 5.82 Å². The minimum absolute atomic E-state index is 0.0165. The van der Waals surface area contributed by atoms with E-state index in [0.717, 1.165) is 6.07 Å². The number of nitro groups is 2. The van der Waals surface area contributed by atoms with Crippen LogP contribution in [0.2, 0.25) is 5.02 Å². The molecule has 0 aliphatic heterocycles. The zero-order chi connectivity index (χ0) is 18.7. The Morgan fingerprint density at radius 2 is 2.00 bits per heavy atom. The van der Waals surface area contributed by atoms with Crippen LogP contribution in [0.25, 0.3) is 0 Å². The van der Waals surface area contributed by atoms with Crippen molar-refractivity contribution in [3.63, 3.8) is 0 Å². The van der Waals surface area contributed by atoms with Gasteiger partial charge in [-0.25, -0.2) is 0 Å². The van der Waals surface area contributed by atoms with E-state index in [0.29, 0.717) is 5.69 Å². The summed E-state index contributed by atoms with van der Waals surface area (Å²) in [5.74, 6) is -0.949. The molecule has 10 nitrogen and oxygen atoms in total. The van der Waals surface area contributed by atoms with Crippen molar-refractivity contribution in [1.82, 2.24) is 9.78 Å². The van der Waals surface area contributed by atoms with E-state index in [1.54, 1.807) is 13.8 Å². The first kappa shape index (κ1) is 18.3. The molecule has 0 radical (unpaired) electrons. The van der Waals surface area contributed by atoms with E-state index in [1.807, 2.05) is 0 Å². The number of amides is 1. The maximum Gasteiger partial charge on any atom is 0.390 e. The average molecular weight is 368 g/mol. The molecule has 25 heavy (non-hydrogen) atoms. The molecule has 132 valence electrons. The topological polar surface area (TPSA) is 133 Å². The monoisotopic (exact) mass is 367 g/mol. The van der Waals surface area contributed by atoms with Gasteiger partial charge in [0.05, 0.1) is 21.8 Å². The summed E-state index contributed by atoms with van der Waals surface area (Å²) in [6.07, 6.45) is 0.285. The molecule has 0 bridgehead atoms. The van der Waals surface area contributed by atoms with Crippen molar-refractivity contribution >= 4 is 34.7 Å². The minimum Gasteiger partial charge on any atom is -0.358 e. The van der Waals surface area contributed by atoms with E-state index in [-0.39, 0.29) is 28.6 Å². The number of nitrogens with zero attached hydrogens (tertiary/aromatic N) is 4. The van der Waals surface area contributed by atoms with Crippen LogP contribution in [0.1, 0.15) is 25.1 Å². The summed E-state index contributed by atoms with van der Waals surface area (Å²) in [5.41, 5.74) is 0.0651. The number of halogens is 1. The number of aryl methyl sites for hydroxylation is 1. The number of hydrogen-bond donors (Lipinski definition) is 1.